The number of anilines is 1. The summed E-state index contributed by atoms with van der Waals surface area (Å²) in [4.78, 5) is 0. The van der Waals surface area contributed by atoms with Crippen LogP contribution in [0.25, 0.3) is 0 Å². The van der Waals surface area contributed by atoms with E-state index in [9.17, 15) is 0 Å². The van der Waals surface area contributed by atoms with Crippen molar-refractivity contribution in [2.45, 2.75) is 26.8 Å². The summed E-state index contributed by atoms with van der Waals surface area (Å²) in [7, 11) is 0. The molecule has 1 aromatic carbocycles. The molecule has 0 aliphatic heterocycles. The zero-order valence-corrected chi connectivity index (χ0v) is 11.3. The number of hydrogen-bond acceptors (Lipinski definition) is 1. The molecule has 0 bridgehead atoms. The number of hydrogen-bond donors (Lipinski definition) is 2. The molecule has 1 atom stereocenters. The minimum absolute atomic E-state index is 0.354. The van der Waals surface area contributed by atoms with E-state index >= 15 is 0 Å². The van der Waals surface area contributed by atoms with Crippen molar-refractivity contribution in [3.8, 4) is 0 Å². The molecular formula is C12H17ClN2S. The summed E-state index contributed by atoms with van der Waals surface area (Å²) in [6, 6.07) is 7.82. The minimum atomic E-state index is 0.354. The molecule has 0 spiro atoms. The Morgan fingerprint density at radius 2 is 1.75 bits per heavy atom. The van der Waals surface area contributed by atoms with Gasteiger partial charge < -0.3 is 10.6 Å². The van der Waals surface area contributed by atoms with Crippen LogP contribution in [0.1, 0.15) is 20.8 Å². The van der Waals surface area contributed by atoms with E-state index < -0.39 is 0 Å². The van der Waals surface area contributed by atoms with E-state index in [4.69, 9.17) is 23.8 Å². The van der Waals surface area contributed by atoms with Crippen molar-refractivity contribution in [2.75, 3.05) is 5.32 Å². The Morgan fingerprint density at radius 1 is 1.19 bits per heavy atom. The summed E-state index contributed by atoms with van der Waals surface area (Å²) < 4.78 is 0. The number of thiocarbonyl (C=S) groups is 1. The largest absolute Gasteiger partial charge is 0.360 e. The van der Waals surface area contributed by atoms with Crippen LogP contribution in [-0.2, 0) is 0 Å². The van der Waals surface area contributed by atoms with Gasteiger partial charge in [-0.3, -0.25) is 0 Å². The van der Waals surface area contributed by atoms with E-state index in [0.29, 0.717) is 17.1 Å². The lowest BCUT2D eigenvalue weighted by Gasteiger charge is -2.19. The fourth-order valence-corrected chi connectivity index (χ4v) is 1.50. The summed E-state index contributed by atoms with van der Waals surface area (Å²) in [5, 5.41) is 7.71. The van der Waals surface area contributed by atoms with Crippen molar-refractivity contribution < 1.29 is 0 Å². The van der Waals surface area contributed by atoms with Gasteiger partial charge in [0.15, 0.2) is 5.11 Å². The zero-order chi connectivity index (χ0) is 12.1. The van der Waals surface area contributed by atoms with Crippen LogP contribution in [0.3, 0.4) is 0 Å². The fraction of sp³-hybridized carbons (Fsp3) is 0.417. The summed E-state index contributed by atoms with van der Waals surface area (Å²) >= 11 is 11.0. The molecule has 2 N–H and O–H groups in total. The molecule has 0 saturated heterocycles. The molecule has 1 aromatic rings. The first-order valence-electron chi connectivity index (χ1n) is 5.32. The molecule has 0 aliphatic rings. The second-order valence-electron chi connectivity index (χ2n) is 4.14. The van der Waals surface area contributed by atoms with Crippen LogP contribution in [0.2, 0.25) is 5.02 Å². The highest BCUT2D eigenvalue weighted by atomic mass is 35.5. The van der Waals surface area contributed by atoms with Crippen molar-refractivity contribution >= 4 is 34.6 Å². The van der Waals surface area contributed by atoms with E-state index in [-0.39, 0.29) is 0 Å². The van der Waals surface area contributed by atoms with E-state index in [2.05, 4.69) is 31.4 Å². The van der Waals surface area contributed by atoms with Gasteiger partial charge in [-0.2, -0.15) is 0 Å². The Bertz CT molecular complexity index is 349. The first-order valence-corrected chi connectivity index (χ1v) is 6.10. The van der Waals surface area contributed by atoms with E-state index in [0.717, 1.165) is 10.7 Å². The van der Waals surface area contributed by atoms with Crippen LogP contribution in [0.15, 0.2) is 24.3 Å². The lowest BCUT2D eigenvalue weighted by atomic mass is 10.1. The van der Waals surface area contributed by atoms with Gasteiger partial charge in [-0.25, -0.2) is 0 Å². The fourth-order valence-electron chi connectivity index (χ4n) is 1.07. The van der Waals surface area contributed by atoms with Crippen molar-refractivity contribution in [3.05, 3.63) is 29.3 Å². The molecule has 88 valence electrons. The molecule has 0 saturated carbocycles. The maximum absolute atomic E-state index is 5.80. The van der Waals surface area contributed by atoms with Crippen molar-refractivity contribution in [1.29, 1.82) is 0 Å². The molecule has 0 amide bonds. The molecule has 1 unspecified atom stereocenters. The van der Waals surface area contributed by atoms with E-state index in [1.54, 1.807) is 0 Å². The molecule has 0 fully saturated rings. The van der Waals surface area contributed by atoms with Crippen molar-refractivity contribution in [3.63, 3.8) is 0 Å². The van der Waals surface area contributed by atoms with Gasteiger partial charge in [0, 0.05) is 16.8 Å². The predicted molar refractivity (Wildman–Crippen MR) is 75.1 cm³/mol. The van der Waals surface area contributed by atoms with Gasteiger partial charge in [0.25, 0.3) is 0 Å². The standard InChI is InChI=1S/C12H17ClN2S/c1-8(2)9(3)14-12(16)15-11-6-4-10(13)5-7-11/h4-9H,1-3H3,(H2,14,15,16). The zero-order valence-electron chi connectivity index (χ0n) is 9.75. The van der Waals surface area contributed by atoms with E-state index in [1.807, 2.05) is 24.3 Å². The van der Waals surface area contributed by atoms with Crippen LogP contribution in [0.5, 0.6) is 0 Å². The Labute approximate surface area is 107 Å². The topological polar surface area (TPSA) is 24.1 Å². The maximum Gasteiger partial charge on any atom is 0.170 e. The van der Waals surface area contributed by atoms with Gasteiger partial charge in [0.1, 0.15) is 0 Å². The normalized spacial score (nSPS) is 12.3. The number of halogens is 1. The van der Waals surface area contributed by atoms with E-state index in [1.165, 1.54) is 0 Å². The number of rotatable bonds is 3. The van der Waals surface area contributed by atoms with Crippen LogP contribution in [-0.4, -0.2) is 11.2 Å². The second-order valence-corrected chi connectivity index (χ2v) is 4.98. The average Bonchev–Trinajstić information content (AvgIpc) is 2.21. The van der Waals surface area contributed by atoms with Gasteiger partial charge >= 0.3 is 0 Å². The van der Waals surface area contributed by atoms with Gasteiger partial charge in [0.05, 0.1) is 0 Å². The summed E-state index contributed by atoms with van der Waals surface area (Å²) in [5.74, 6) is 0.546. The Hall–Kier alpha value is -0.800. The number of benzene rings is 1. The molecule has 2 nitrogen and oxygen atoms in total. The first kappa shape index (κ1) is 13.3. The Balaban J connectivity index is 2.48. The summed E-state index contributed by atoms with van der Waals surface area (Å²) in [6.45, 7) is 6.42. The van der Waals surface area contributed by atoms with Gasteiger partial charge in [-0.1, -0.05) is 25.4 Å². The molecule has 0 radical (unpaired) electrons. The molecule has 0 aliphatic carbocycles. The SMILES string of the molecule is CC(C)C(C)NC(=S)Nc1ccc(Cl)cc1. The van der Waals surface area contributed by atoms with Crippen molar-refractivity contribution in [1.82, 2.24) is 5.32 Å². The lowest BCUT2D eigenvalue weighted by molar-refractivity contribution is 0.489. The van der Waals surface area contributed by atoms with Crippen LogP contribution < -0.4 is 10.6 Å². The van der Waals surface area contributed by atoms with Crippen LogP contribution >= 0.6 is 23.8 Å². The molecule has 0 aromatic heterocycles. The molecular weight excluding hydrogens is 240 g/mol. The predicted octanol–water partition coefficient (Wildman–Crippen LogP) is 3.67. The molecule has 16 heavy (non-hydrogen) atoms. The third-order valence-electron chi connectivity index (χ3n) is 2.46. The monoisotopic (exact) mass is 256 g/mol. The highest BCUT2D eigenvalue weighted by molar-refractivity contribution is 7.80. The highest BCUT2D eigenvalue weighted by Gasteiger charge is 2.07. The van der Waals surface area contributed by atoms with Gasteiger partial charge in [-0.05, 0) is 49.3 Å². The maximum atomic E-state index is 5.80. The van der Waals surface area contributed by atoms with Gasteiger partial charge in [-0.15, -0.1) is 0 Å². The highest BCUT2D eigenvalue weighted by Crippen LogP contribution is 2.13. The van der Waals surface area contributed by atoms with Crippen molar-refractivity contribution in [2.24, 2.45) is 5.92 Å². The van der Waals surface area contributed by atoms with Gasteiger partial charge in [0.2, 0.25) is 0 Å². The summed E-state index contributed by atoms with van der Waals surface area (Å²) in [6.07, 6.45) is 0. The Kier molecular flexibility index (Phi) is 5.03. The number of nitrogens with one attached hydrogen (secondary N) is 2. The van der Waals surface area contributed by atoms with Crippen LogP contribution in [0, 0.1) is 5.92 Å². The quantitative estimate of drug-likeness (QED) is 0.807. The Morgan fingerprint density at radius 3 is 2.25 bits per heavy atom. The third kappa shape index (κ3) is 4.37. The lowest BCUT2D eigenvalue weighted by Crippen LogP contribution is -2.38. The molecule has 0 heterocycles. The third-order valence-corrected chi connectivity index (χ3v) is 2.93. The second kappa shape index (κ2) is 6.06. The first-order chi connectivity index (χ1) is 7.49. The smallest absolute Gasteiger partial charge is 0.170 e. The molecule has 4 heteroatoms. The average molecular weight is 257 g/mol. The minimum Gasteiger partial charge on any atom is -0.360 e. The molecule has 1 rings (SSSR count). The summed E-state index contributed by atoms with van der Waals surface area (Å²) in [5.41, 5.74) is 0.942. The van der Waals surface area contributed by atoms with Crippen LogP contribution in [0.4, 0.5) is 5.69 Å².